The van der Waals surface area contributed by atoms with E-state index in [9.17, 15) is 4.79 Å². The molecule has 2 aliphatic rings. The summed E-state index contributed by atoms with van der Waals surface area (Å²) in [5, 5.41) is 16.6. The van der Waals surface area contributed by atoms with E-state index >= 15 is 0 Å². The predicted molar refractivity (Wildman–Crippen MR) is 127 cm³/mol. The summed E-state index contributed by atoms with van der Waals surface area (Å²) in [6.45, 7) is 1.03. The first-order valence-corrected chi connectivity index (χ1v) is 11.9. The highest BCUT2D eigenvalue weighted by Crippen LogP contribution is 2.34. The number of aromatic nitrogens is 4. The highest BCUT2D eigenvalue weighted by Gasteiger charge is 2.22. The van der Waals surface area contributed by atoms with Gasteiger partial charge in [-0.2, -0.15) is 10.1 Å². The molecule has 10 nitrogen and oxygen atoms in total. The van der Waals surface area contributed by atoms with E-state index in [1.807, 2.05) is 12.3 Å². The van der Waals surface area contributed by atoms with E-state index in [1.54, 1.807) is 13.3 Å². The van der Waals surface area contributed by atoms with Crippen LogP contribution in [0.5, 0.6) is 0 Å². The second-order valence-corrected chi connectivity index (χ2v) is 8.84. The molecule has 0 saturated heterocycles. The number of aromatic amines is 1. The number of carbonyl (C=O) groups excluding carboxylic acids is 1. The zero-order valence-electron chi connectivity index (χ0n) is 19.2. The Morgan fingerprint density at radius 2 is 2.03 bits per heavy atom. The van der Waals surface area contributed by atoms with E-state index in [4.69, 9.17) is 4.74 Å². The van der Waals surface area contributed by atoms with Crippen LogP contribution in [0.15, 0.2) is 23.3 Å². The third-order valence-electron chi connectivity index (χ3n) is 6.39. The monoisotopic (exact) mass is 454 g/mol. The molecule has 2 heterocycles. The molecule has 2 saturated carbocycles. The second kappa shape index (κ2) is 11.7. The summed E-state index contributed by atoms with van der Waals surface area (Å²) >= 11 is 0. The van der Waals surface area contributed by atoms with Gasteiger partial charge in [0.1, 0.15) is 5.82 Å². The number of anilines is 2. The summed E-state index contributed by atoms with van der Waals surface area (Å²) in [5.41, 5.74) is 1.19. The van der Waals surface area contributed by atoms with E-state index in [-0.39, 0.29) is 12.1 Å². The first kappa shape index (κ1) is 23.2. The number of urea groups is 1. The Labute approximate surface area is 194 Å². The van der Waals surface area contributed by atoms with Crippen LogP contribution in [-0.4, -0.2) is 58.7 Å². The van der Waals surface area contributed by atoms with E-state index in [1.165, 1.54) is 31.4 Å². The molecule has 0 radical (unpaired) electrons. The molecule has 0 aliphatic heterocycles. The van der Waals surface area contributed by atoms with Gasteiger partial charge in [0.25, 0.3) is 5.95 Å². The van der Waals surface area contributed by atoms with Crippen LogP contribution in [0.2, 0.25) is 0 Å². The van der Waals surface area contributed by atoms with Crippen molar-refractivity contribution in [1.29, 1.82) is 0 Å². The van der Waals surface area contributed by atoms with Crippen molar-refractivity contribution in [3.63, 3.8) is 0 Å². The average molecular weight is 455 g/mol. The number of nitrogens with zero attached hydrogens (tertiary/aromatic N) is 4. The standard InChI is InChI=1S/C23H34N8O2/c1-33-13-12-25-23(32)27-18-8-6-16(7-9-18)15-26-22-24-11-10-20(29-22)28-21-14-19(30-31-21)17-4-2-3-5-17/h10-11,14-18H,2-9,12-13H2,1H3,(H2,25,27,32)(H2,24,28,29,30,31)/b26-15+. The number of aliphatic imine (C=N–C) groups is 1. The van der Waals surface area contributed by atoms with Crippen molar-refractivity contribution in [2.45, 2.75) is 63.3 Å². The molecule has 2 aromatic rings. The number of nitrogens with one attached hydrogen (secondary N) is 4. The lowest BCUT2D eigenvalue weighted by molar-refractivity contribution is 0.194. The van der Waals surface area contributed by atoms with Gasteiger partial charge in [0.2, 0.25) is 0 Å². The Kier molecular flexibility index (Phi) is 8.24. The SMILES string of the molecule is COCCNC(=O)NC1CCC(/C=N/c2nccc(Nc3cc(C4CCCC4)[nH]n3)n2)CC1. The van der Waals surface area contributed by atoms with E-state index in [0.717, 1.165) is 31.5 Å². The highest BCUT2D eigenvalue weighted by molar-refractivity contribution is 5.74. The van der Waals surface area contributed by atoms with Crippen LogP contribution in [0.4, 0.5) is 22.4 Å². The van der Waals surface area contributed by atoms with Crippen molar-refractivity contribution in [3.05, 3.63) is 24.0 Å². The topological polar surface area (TPSA) is 129 Å². The summed E-state index contributed by atoms with van der Waals surface area (Å²) < 4.78 is 4.94. The minimum atomic E-state index is -0.130. The molecule has 10 heteroatoms. The number of ether oxygens (including phenoxy) is 1. The lowest BCUT2D eigenvalue weighted by atomic mass is 9.87. The molecule has 2 aromatic heterocycles. The number of carbonyl (C=O) groups is 1. The molecule has 0 bridgehead atoms. The number of amides is 2. The Balaban J connectivity index is 1.23. The molecule has 0 aromatic carbocycles. The van der Waals surface area contributed by atoms with Crippen molar-refractivity contribution < 1.29 is 9.53 Å². The van der Waals surface area contributed by atoms with Crippen molar-refractivity contribution in [2.75, 3.05) is 25.6 Å². The lowest BCUT2D eigenvalue weighted by Gasteiger charge is -2.27. The highest BCUT2D eigenvalue weighted by atomic mass is 16.5. The number of hydrogen-bond donors (Lipinski definition) is 4. The van der Waals surface area contributed by atoms with Crippen molar-refractivity contribution >= 4 is 29.8 Å². The van der Waals surface area contributed by atoms with Gasteiger partial charge in [-0.1, -0.05) is 12.8 Å². The van der Waals surface area contributed by atoms with Crippen molar-refractivity contribution in [3.8, 4) is 0 Å². The fourth-order valence-electron chi connectivity index (χ4n) is 4.55. The third-order valence-corrected chi connectivity index (χ3v) is 6.39. The molecule has 0 unspecified atom stereocenters. The van der Waals surface area contributed by atoms with Gasteiger partial charge in [0.05, 0.1) is 6.61 Å². The molecule has 0 spiro atoms. The number of H-pyrrole nitrogens is 1. The van der Waals surface area contributed by atoms with Crippen molar-refractivity contribution in [1.82, 2.24) is 30.8 Å². The van der Waals surface area contributed by atoms with Gasteiger partial charge < -0.3 is 20.7 Å². The smallest absolute Gasteiger partial charge is 0.315 e. The first-order chi connectivity index (χ1) is 16.2. The number of rotatable bonds is 9. The predicted octanol–water partition coefficient (Wildman–Crippen LogP) is 3.81. The molecule has 0 atom stereocenters. The second-order valence-electron chi connectivity index (χ2n) is 8.84. The van der Waals surface area contributed by atoms with Crippen LogP contribution in [0.3, 0.4) is 0 Å². The van der Waals surface area contributed by atoms with E-state index < -0.39 is 0 Å². The summed E-state index contributed by atoms with van der Waals surface area (Å²) in [6, 6.07) is 3.96. The maximum atomic E-state index is 11.9. The summed E-state index contributed by atoms with van der Waals surface area (Å²) in [5.74, 6) is 2.83. The third kappa shape index (κ3) is 6.98. The van der Waals surface area contributed by atoms with Gasteiger partial charge in [-0.15, -0.1) is 0 Å². The fraction of sp³-hybridized carbons (Fsp3) is 0.609. The van der Waals surface area contributed by atoms with Crippen LogP contribution in [0.1, 0.15) is 63.0 Å². The fourth-order valence-corrected chi connectivity index (χ4v) is 4.55. The van der Waals surface area contributed by atoms with Crippen molar-refractivity contribution in [2.24, 2.45) is 10.9 Å². The maximum Gasteiger partial charge on any atom is 0.315 e. The van der Waals surface area contributed by atoms with Crippen LogP contribution < -0.4 is 16.0 Å². The minimum absolute atomic E-state index is 0.130. The van der Waals surface area contributed by atoms with Crippen LogP contribution in [0, 0.1) is 5.92 Å². The van der Waals surface area contributed by atoms with E-state index in [0.29, 0.717) is 36.8 Å². The van der Waals surface area contributed by atoms with Gasteiger partial charge in [-0.3, -0.25) is 5.10 Å². The molecular formula is C23H34N8O2. The summed E-state index contributed by atoms with van der Waals surface area (Å²) in [4.78, 5) is 25.2. The molecule has 178 valence electrons. The largest absolute Gasteiger partial charge is 0.383 e. The van der Waals surface area contributed by atoms with Crippen LogP contribution >= 0.6 is 0 Å². The van der Waals surface area contributed by atoms with Gasteiger partial charge >= 0.3 is 6.03 Å². The quantitative estimate of drug-likeness (QED) is 0.337. The molecular weight excluding hydrogens is 420 g/mol. The van der Waals surface area contributed by atoms with Gasteiger partial charge in [-0.25, -0.2) is 14.8 Å². The molecule has 2 fully saturated rings. The molecule has 2 amide bonds. The van der Waals surface area contributed by atoms with Crippen LogP contribution in [0.25, 0.3) is 0 Å². The Morgan fingerprint density at radius 3 is 2.82 bits per heavy atom. The Hall–Kier alpha value is -3.01. The summed E-state index contributed by atoms with van der Waals surface area (Å²) in [6.07, 6.45) is 12.5. The minimum Gasteiger partial charge on any atom is -0.383 e. The van der Waals surface area contributed by atoms with E-state index in [2.05, 4.69) is 47.2 Å². The Bertz CT molecular complexity index is 917. The maximum absolute atomic E-state index is 11.9. The molecule has 4 N–H and O–H groups in total. The zero-order valence-corrected chi connectivity index (χ0v) is 19.2. The zero-order chi connectivity index (χ0) is 22.9. The number of methoxy groups -OCH3 is 1. The van der Waals surface area contributed by atoms with Gasteiger partial charge in [0.15, 0.2) is 5.82 Å². The van der Waals surface area contributed by atoms with Crippen LogP contribution in [-0.2, 0) is 4.74 Å². The molecule has 2 aliphatic carbocycles. The normalized spacial score (nSPS) is 21.4. The lowest BCUT2D eigenvalue weighted by Crippen LogP contribution is -2.44. The first-order valence-electron chi connectivity index (χ1n) is 11.9. The van der Waals surface area contributed by atoms with Gasteiger partial charge in [-0.05, 0) is 50.5 Å². The average Bonchev–Trinajstić information content (AvgIpc) is 3.51. The Morgan fingerprint density at radius 1 is 1.21 bits per heavy atom. The van der Waals surface area contributed by atoms with Gasteiger partial charge in [0, 0.05) is 49.8 Å². The summed E-state index contributed by atoms with van der Waals surface area (Å²) in [7, 11) is 1.62. The molecule has 4 rings (SSSR count). The number of hydrogen-bond acceptors (Lipinski definition) is 7. The molecule has 33 heavy (non-hydrogen) atoms.